The smallest absolute Gasteiger partial charge is 0.0220 e. The Kier molecular flexibility index (Phi) is 4.20. The van der Waals surface area contributed by atoms with Crippen molar-refractivity contribution in [3.05, 3.63) is 0 Å². The lowest BCUT2D eigenvalue weighted by Gasteiger charge is -2.31. The Bertz CT molecular complexity index is 143. The number of nitrogens with zero attached hydrogens (tertiary/aromatic N) is 1. The molecule has 0 saturated carbocycles. The molecule has 0 amide bonds. The number of nitrogens with one attached hydrogen (secondary N) is 1. The summed E-state index contributed by atoms with van der Waals surface area (Å²) >= 11 is 0. The molecule has 1 rings (SSSR count). The second-order valence-electron chi connectivity index (χ2n) is 4.43. The van der Waals surface area contributed by atoms with E-state index in [0.717, 1.165) is 5.92 Å². The van der Waals surface area contributed by atoms with Crippen LogP contribution in [0.2, 0.25) is 0 Å². The molecule has 0 aromatic carbocycles. The van der Waals surface area contributed by atoms with Gasteiger partial charge in [0.1, 0.15) is 0 Å². The van der Waals surface area contributed by atoms with Gasteiger partial charge in [0.25, 0.3) is 0 Å². The summed E-state index contributed by atoms with van der Waals surface area (Å²) in [6, 6.07) is 1.35. The fourth-order valence-corrected chi connectivity index (χ4v) is 2.38. The molecular formula is C11H24N2. The van der Waals surface area contributed by atoms with Crippen LogP contribution in [0.15, 0.2) is 0 Å². The molecule has 1 aliphatic rings. The van der Waals surface area contributed by atoms with Crippen LogP contribution in [0.5, 0.6) is 0 Å². The van der Waals surface area contributed by atoms with E-state index in [9.17, 15) is 0 Å². The molecule has 0 aliphatic carbocycles. The zero-order chi connectivity index (χ0) is 9.84. The molecule has 1 heterocycles. The first-order chi connectivity index (χ1) is 6.19. The number of likely N-dealkylation sites (tertiary alicyclic amines) is 1. The van der Waals surface area contributed by atoms with Crippen molar-refractivity contribution >= 4 is 0 Å². The molecule has 1 fully saturated rings. The molecule has 1 N–H and O–H groups in total. The SMILES string of the molecule is CCC(NC)C(C)N1CCC(C)C1. The first-order valence-electron chi connectivity index (χ1n) is 5.60. The van der Waals surface area contributed by atoms with Gasteiger partial charge >= 0.3 is 0 Å². The predicted octanol–water partition coefficient (Wildman–Crippen LogP) is 1.71. The minimum absolute atomic E-state index is 0.658. The van der Waals surface area contributed by atoms with E-state index in [1.54, 1.807) is 0 Å². The molecule has 0 bridgehead atoms. The summed E-state index contributed by atoms with van der Waals surface area (Å²) in [4.78, 5) is 2.62. The maximum atomic E-state index is 3.40. The third-order valence-electron chi connectivity index (χ3n) is 3.42. The number of hydrogen-bond acceptors (Lipinski definition) is 2. The summed E-state index contributed by atoms with van der Waals surface area (Å²) in [5.41, 5.74) is 0. The van der Waals surface area contributed by atoms with E-state index in [1.807, 2.05) is 0 Å². The van der Waals surface area contributed by atoms with Crippen molar-refractivity contribution in [1.29, 1.82) is 0 Å². The standard InChI is InChI=1S/C11H24N2/c1-5-11(12-4)10(3)13-7-6-9(2)8-13/h9-12H,5-8H2,1-4H3. The predicted molar refractivity (Wildman–Crippen MR) is 58.0 cm³/mol. The van der Waals surface area contributed by atoms with Crippen molar-refractivity contribution in [2.24, 2.45) is 5.92 Å². The summed E-state index contributed by atoms with van der Waals surface area (Å²) in [6.45, 7) is 9.55. The zero-order valence-corrected chi connectivity index (χ0v) is 9.51. The highest BCUT2D eigenvalue weighted by Gasteiger charge is 2.26. The summed E-state index contributed by atoms with van der Waals surface area (Å²) in [7, 11) is 2.07. The zero-order valence-electron chi connectivity index (χ0n) is 9.51. The van der Waals surface area contributed by atoms with Gasteiger partial charge in [-0.1, -0.05) is 13.8 Å². The van der Waals surface area contributed by atoms with Gasteiger partial charge in [0.05, 0.1) is 0 Å². The van der Waals surface area contributed by atoms with Crippen molar-refractivity contribution in [3.8, 4) is 0 Å². The minimum Gasteiger partial charge on any atom is -0.315 e. The quantitative estimate of drug-likeness (QED) is 0.715. The molecule has 0 aromatic rings. The molecule has 2 heteroatoms. The molecule has 13 heavy (non-hydrogen) atoms. The van der Waals surface area contributed by atoms with E-state index in [2.05, 4.69) is 38.0 Å². The second-order valence-corrected chi connectivity index (χ2v) is 4.43. The Morgan fingerprint density at radius 1 is 1.54 bits per heavy atom. The van der Waals surface area contributed by atoms with Gasteiger partial charge in [0.15, 0.2) is 0 Å². The van der Waals surface area contributed by atoms with Crippen LogP contribution in [0.1, 0.15) is 33.6 Å². The van der Waals surface area contributed by atoms with Gasteiger partial charge in [-0.2, -0.15) is 0 Å². The van der Waals surface area contributed by atoms with Crippen LogP contribution < -0.4 is 5.32 Å². The maximum absolute atomic E-state index is 3.40. The fraction of sp³-hybridized carbons (Fsp3) is 1.00. The Hall–Kier alpha value is -0.0800. The third-order valence-corrected chi connectivity index (χ3v) is 3.42. The van der Waals surface area contributed by atoms with Crippen LogP contribution in [0.4, 0.5) is 0 Å². The third kappa shape index (κ3) is 2.68. The highest BCUT2D eigenvalue weighted by molar-refractivity contribution is 4.83. The summed E-state index contributed by atoms with van der Waals surface area (Å²) in [5, 5.41) is 3.40. The Morgan fingerprint density at radius 3 is 2.62 bits per heavy atom. The lowest BCUT2D eigenvalue weighted by molar-refractivity contribution is 0.202. The fourth-order valence-electron chi connectivity index (χ4n) is 2.38. The van der Waals surface area contributed by atoms with E-state index in [1.165, 1.54) is 25.9 Å². The van der Waals surface area contributed by atoms with Crippen molar-refractivity contribution in [2.45, 2.75) is 45.7 Å². The highest BCUT2D eigenvalue weighted by Crippen LogP contribution is 2.19. The normalized spacial score (nSPS) is 29.1. The van der Waals surface area contributed by atoms with Crippen LogP contribution in [0.25, 0.3) is 0 Å². The van der Waals surface area contributed by atoms with E-state index >= 15 is 0 Å². The van der Waals surface area contributed by atoms with Gasteiger partial charge in [0, 0.05) is 18.6 Å². The number of hydrogen-bond donors (Lipinski definition) is 1. The maximum Gasteiger partial charge on any atom is 0.0220 e. The average molecular weight is 184 g/mol. The van der Waals surface area contributed by atoms with E-state index in [-0.39, 0.29) is 0 Å². The molecule has 0 radical (unpaired) electrons. The molecule has 0 aromatic heterocycles. The Labute approximate surface area is 82.7 Å². The van der Waals surface area contributed by atoms with Crippen molar-refractivity contribution in [1.82, 2.24) is 10.2 Å². The lowest BCUT2D eigenvalue weighted by Crippen LogP contribution is -2.46. The molecule has 0 spiro atoms. The molecule has 3 unspecified atom stereocenters. The topological polar surface area (TPSA) is 15.3 Å². The molecule has 2 nitrogen and oxygen atoms in total. The van der Waals surface area contributed by atoms with Crippen LogP contribution in [-0.4, -0.2) is 37.1 Å². The lowest BCUT2D eigenvalue weighted by atomic mass is 10.1. The van der Waals surface area contributed by atoms with Gasteiger partial charge in [-0.05, 0) is 39.3 Å². The summed E-state index contributed by atoms with van der Waals surface area (Å²) in [6.07, 6.45) is 2.60. The van der Waals surface area contributed by atoms with Gasteiger partial charge in [0.2, 0.25) is 0 Å². The minimum atomic E-state index is 0.658. The summed E-state index contributed by atoms with van der Waals surface area (Å²) in [5.74, 6) is 0.900. The highest BCUT2D eigenvalue weighted by atomic mass is 15.2. The molecule has 1 aliphatic heterocycles. The van der Waals surface area contributed by atoms with E-state index in [0.29, 0.717) is 12.1 Å². The van der Waals surface area contributed by atoms with Crippen molar-refractivity contribution in [3.63, 3.8) is 0 Å². The molecule has 3 atom stereocenters. The number of likely N-dealkylation sites (N-methyl/N-ethyl adjacent to an activating group) is 1. The second kappa shape index (κ2) is 4.97. The monoisotopic (exact) mass is 184 g/mol. The first-order valence-corrected chi connectivity index (χ1v) is 5.60. The van der Waals surface area contributed by atoms with Gasteiger partial charge in [-0.15, -0.1) is 0 Å². The Balaban J connectivity index is 2.41. The summed E-state index contributed by atoms with van der Waals surface area (Å²) < 4.78 is 0. The van der Waals surface area contributed by atoms with Crippen LogP contribution in [0.3, 0.4) is 0 Å². The number of rotatable bonds is 4. The average Bonchev–Trinajstić information content (AvgIpc) is 2.54. The first kappa shape index (κ1) is 11.0. The van der Waals surface area contributed by atoms with Crippen LogP contribution in [0, 0.1) is 5.92 Å². The van der Waals surface area contributed by atoms with E-state index < -0.39 is 0 Å². The molecule has 1 saturated heterocycles. The largest absolute Gasteiger partial charge is 0.315 e. The van der Waals surface area contributed by atoms with Crippen LogP contribution >= 0.6 is 0 Å². The van der Waals surface area contributed by atoms with Crippen molar-refractivity contribution in [2.75, 3.05) is 20.1 Å². The Morgan fingerprint density at radius 2 is 2.23 bits per heavy atom. The van der Waals surface area contributed by atoms with Gasteiger partial charge < -0.3 is 5.32 Å². The van der Waals surface area contributed by atoms with Crippen molar-refractivity contribution < 1.29 is 0 Å². The van der Waals surface area contributed by atoms with Gasteiger partial charge in [-0.25, -0.2) is 0 Å². The van der Waals surface area contributed by atoms with Crippen LogP contribution in [-0.2, 0) is 0 Å². The molecular weight excluding hydrogens is 160 g/mol. The van der Waals surface area contributed by atoms with E-state index in [4.69, 9.17) is 0 Å². The van der Waals surface area contributed by atoms with Gasteiger partial charge in [-0.3, -0.25) is 4.90 Å². The molecule has 78 valence electrons.